The number of aryl methyl sites for hydroxylation is 1. The first-order valence-corrected chi connectivity index (χ1v) is 15.3. The van der Waals surface area contributed by atoms with Crippen molar-refractivity contribution in [2.24, 2.45) is 7.05 Å². The van der Waals surface area contributed by atoms with Gasteiger partial charge in [-0.05, 0) is 78.8 Å². The molecule has 0 atom stereocenters. The molecule has 0 unspecified atom stereocenters. The molecule has 6 nitrogen and oxygen atoms in total. The standard InChI is InChI=1S/C30H30BrClN4O2S/c1-36-26-12-6-20(28(37)34-23-9-7-22(31)8-10-23)16-25(26)35-27(36)17-21-15-19(5-11-24(21)32)18-33-29(38)30(39-2)13-3-4-14-30/h5-12,15-16H,3-4,13-14,17-18H2,1-2H3,(H,33,38)(H,34,37). The normalized spacial score (nSPS) is 14.5. The van der Waals surface area contributed by atoms with Gasteiger partial charge >= 0.3 is 0 Å². The SMILES string of the molecule is CSC1(C(=O)NCc2ccc(Cl)c(Cc3nc4cc(C(=O)Nc5ccc(Br)cc5)ccc4n3C)c2)CCCC1. The number of aromatic nitrogens is 2. The van der Waals surface area contributed by atoms with Gasteiger partial charge in [0.05, 0.1) is 15.8 Å². The molecule has 202 valence electrons. The van der Waals surface area contributed by atoms with Crippen molar-refractivity contribution in [3.63, 3.8) is 0 Å². The molecule has 0 spiro atoms. The average molecular weight is 626 g/mol. The highest BCUT2D eigenvalue weighted by molar-refractivity contribution is 9.10. The molecule has 1 aromatic heterocycles. The molecule has 1 aliphatic carbocycles. The molecule has 0 radical (unpaired) electrons. The van der Waals surface area contributed by atoms with Gasteiger partial charge in [-0.1, -0.05) is 52.5 Å². The van der Waals surface area contributed by atoms with Crippen LogP contribution in [0.2, 0.25) is 5.02 Å². The van der Waals surface area contributed by atoms with Crippen LogP contribution < -0.4 is 10.6 Å². The predicted octanol–water partition coefficient (Wildman–Crippen LogP) is 7.12. The van der Waals surface area contributed by atoms with Gasteiger partial charge in [0.15, 0.2) is 0 Å². The number of imidazole rings is 1. The van der Waals surface area contributed by atoms with E-state index in [1.807, 2.05) is 78.5 Å². The fourth-order valence-electron chi connectivity index (χ4n) is 5.14. The summed E-state index contributed by atoms with van der Waals surface area (Å²) in [6, 6.07) is 18.9. The molecule has 9 heteroatoms. The number of halogens is 2. The third kappa shape index (κ3) is 6.03. The lowest BCUT2D eigenvalue weighted by Crippen LogP contribution is -2.41. The van der Waals surface area contributed by atoms with Crippen molar-refractivity contribution >= 4 is 67.8 Å². The molecular weight excluding hydrogens is 596 g/mol. The fraction of sp³-hybridized carbons (Fsp3) is 0.300. The Morgan fingerprint density at radius 1 is 1.08 bits per heavy atom. The van der Waals surface area contributed by atoms with E-state index in [0.29, 0.717) is 23.6 Å². The summed E-state index contributed by atoms with van der Waals surface area (Å²) >= 11 is 11.7. The van der Waals surface area contributed by atoms with Crippen molar-refractivity contribution in [3.05, 3.63) is 92.7 Å². The summed E-state index contributed by atoms with van der Waals surface area (Å²) in [6.45, 7) is 0.463. The van der Waals surface area contributed by atoms with E-state index in [-0.39, 0.29) is 16.6 Å². The number of nitrogens with one attached hydrogen (secondary N) is 2. The maximum absolute atomic E-state index is 12.9. The molecule has 1 fully saturated rings. The summed E-state index contributed by atoms with van der Waals surface area (Å²) < 4.78 is 2.68. The third-order valence-corrected chi connectivity index (χ3v) is 9.74. The molecule has 3 aromatic carbocycles. The molecular formula is C30H30BrClN4O2S. The topological polar surface area (TPSA) is 76.0 Å². The van der Waals surface area contributed by atoms with Crippen molar-refractivity contribution in [1.82, 2.24) is 14.9 Å². The number of rotatable bonds is 8. The molecule has 4 aromatic rings. The lowest BCUT2D eigenvalue weighted by atomic mass is 10.0. The number of hydrogen-bond acceptors (Lipinski definition) is 4. The average Bonchev–Trinajstić information content (AvgIpc) is 3.55. The number of anilines is 1. The number of amides is 2. The van der Waals surface area contributed by atoms with Gasteiger partial charge in [-0.3, -0.25) is 9.59 Å². The highest BCUT2D eigenvalue weighted by atomic mass is 79.9. The van der Waals surface area contributed by atoms with E-state index < -0.39 is 0 Å². The Bertz CT molecular complexity index is 1530. The first kappa shape index (κ1) is 27.7. The Morgan fingerprint density at radius 3 is 2.54 bits per heavy atom. The summed E-state index contributed by atoms with van der Waals surface area (Å²) in [4.78, 5) is 30.6. The lowest BCUT2D eigenvalue weighted by molar-refractivity contribution is -0.123. The summed E-state index contributed by atoms with van der Waals surface area (Å²) in [7, 11) is 1.97. The number of fused-ring (bicyclic) bond motifs is 1. The lowest BCUT2D eigenvalue weighted by Gasteiger charge is -2.25. The van der Waals surface area contributed by atoms with Crippen LogP contribution in [0.25, 0.3) is 11.0 Å². The number of benzene rings is 3. The molecule has 5 rings (SSSR count). The predicted molar refractivity (Wildman–Crippen MR) is 164 cm³/mol. The van der Waals surface area contributed by atoms with Gasteiger partial charge in [-0.25, -0.2) is 4.98 Å². The summed E-state index contributed by atoms with van der Waals surface area (Å²) in [6.07, 6.45) is 6.64. The largest absolute Gasteiger partial charge is 0.351 e. The molecule has 1 heterocycles. The number of carbonyl (C=O) groups is 2. The number of nitrogens with zero attached hydrogens (tertiary/aromatic N) is 2. The molecule has 0 saturated heterocycles. The van der Waals surface area contributed by atoms with Gasteiger partial charge in [-0.2, -0.15) is 0 Å². The Morgan fingerprint density at radius 2 is 1.82 bits per heavy atom. The van der Waals surface area contributed by atoms with Crippen LogP contribution in [0.4, 0.5) is 5.69 Å². The van der Waals surface area contributed by atoms with Crippen molar-refractivity contribution < 1.29 is 9.59 Å². The second kappa shape index (κ2) is 11.7. The number of hydrogen-bond donors (Lipinski definition) is 2. The molecule has 0 aliphatic heterocycles. The van der Waals surface area contributed by atoms with E-state index in [4.69, 9.17) is 16.6 Å². The first-order valence-electron chi connectivity index (χ1n) is 12.9. The quantitative estimate of drug-likeness (QED) is 0.219. The minimum atomic E-state index is -0.295. The second-order valence-corrected chi connectivity index (χ2v) is 12.5. The fourth-order valence-corrected chi connectivity index (χ4v) is 6.55. The van der Waals surface area contributed by atoms with Crippen molar-refractivity contribution in [3.8, 4) is 0 Å². The summed E-state index contributed by atoms with van der Waals surface area (Å²) in [5.41, 5.74) is 4.88. The minimum Gasteiger partial charge on any atom is -0.351 e. The maximum atomic E-state index is 12.9. The van der Waals surface area contributed by atoms with Crippen LogP contribution in [0.5, 0.6) is 0 Å². The second-order valence-electron chi connectivity index (χ2n) is 9.94. The highest BCUT2D eigenvalue weighted by Crippen LogP contribution is 2.40. The molecule has 1 aliphatic rings. The van der Waals surface area contributed by atoms with Gasteiger partial charge in [-0.15, -0.1) is 11.8 Å². The zero-order valence-corrected chi connectivity index (χ0v) is 25.0. The van der Waals surface area contributed by atoms with Gasteiger partial charge in [0.25, 0.3) is 5.91 Å². The van der Waals surface area contributed by atoms with E-state index >= 15 is 0 Å². The van der Waals surface area contributed by atoms with Gasteiger partial charge in [0.2, 0.25) is 5.91 Å². The Hall–Kier alpha value is -2.81. The third-order valence-electron chi connectivity index (χ3n) is 7.47. The van der Waals surface area contributed by atoms with E-state index in [9.17, 15) is 9.59 Å². The summed E-state index contributed by atoms with van der Waals surface area (Å²) in [5.74, 6) is 0.773. The Kier molecular flexibility index (Phi) is 8.35. The molecule has 2 N–H and O–H groups in total. The molecule has 1 saturated carbocycles. The van der Waals surface area contributed by atoms with Crippen LogP contribution in [0.3, 0.4) is 0 Å². The zero-order valence-electron chi connectivity index (χ0n) is 21.9. The highest BCUT2D eigenvalue weighted by Gasteiger charge is 2.40. The molecule has 2 amide bonds. The van der Waals surface area contributed by atoms with E-state index in [0.717, 1.165) is 63.8 Å². The summed E-state index contributed by atoms with van der Waals surface area (Å²) in [5, 5.41) is 6.73. The van der Waals surface area contributed by atoms with Crippen LogP contribution in [0.1, 0.15) is 53.0 Å². The van der Waals surface area contributed by atoms with Gasteiger partial charge in [0, 0.05) is 40.8 Å². The number of thioether (sulfide) groups is 1. The zero-order chi connectivity index (χ0) is 27.6. The van der Waals surface area contributed by atoms with Crippen molar-refractivity contribution in [1.29, 1.82) is 0 Å². The van der Waals surface area contributed by atoms with Crippen molar-refractivity contribution in [2.75, 3.05) is 11.6 Å². The van der Waals surface area contributed by atoms with Gasteiger partial charge in [0.1, 0.15) is 5.82 Å². The first-order chi connectivity index (χ1) is 18.8. The molecule has 0 bridgehead atoms. The minimum absolute atomic E-state index is 0.124. The van der Waals surface area contributed by atoms with Crippen LogP contribution in [0.15, 0.2) is 65.1 Å². The van der Waals surface area contributed by atoms with Crippen LogP contribution in [-0.4, -0.2) is 32.4 Å². The van der Waals surface area contributed by atoms with Crippen LogP contribution in [0, 0.1) is 0 Å². The van der Waals surface area contributed by atoms with Gasteiger partial charge < -0.3 is 15.2 Å². The Balaban J connectivity index is 1.31. The Labute approximate surface area is 246 Å². The van der Waals surface area contributed by atoms with E-state index in [1.54, 1.807) is 11.8 Å². The van der Waals surface area contributed by atoms with Crippen molar-refractivity contribution in [2.45, 2.75) is 43.4 Å². The van der Waals surface area contributed by atoms with E-state index in [1.165, 1.54) is 0 Å². The van der Waals surface area contributed by atoms with Crippen LogP contribution >= 0.6 is 39.3 Å². The van der Waals surface area contributed by atoms with E-state index in [2.05, 4.69) is 26.6 Å². The monoisotopic (exact) mass is 624 g/mol. The van der Waals surface area contributed by atoms with Crippen LogP contribution in [-0.2, 0) is 24.8 Å². The number of carbonyl (C=O) groups excluding carboxylic acids is 2. The molecule has 39 heavy (non-hydrogen) atoms. The smallest absolute Gasteiger partial charge is 0.255 e. The maximum Gasteiger partial charge on any atom is 0.255 e.